The van der Waals surface area contributed by atoms with Crippen LogP contribution in [0.15, 0.2) is 58.0 Å². The SMILES string of the molecule is O=C(NCCN1CCOCC1)C(=O)NC[C@H](c1ccco1)S(=O)(=O)c1ccccc1. The number of nitrogens with zero attached hydrogens (tertiary/aromatic N) is 1. The Labute approximate surface area is 175 Å². The third kappa shape index (κ3) is 5.68. The van der Waals surface area contributed by atoms with Crippen LogP contribution in [-0.4, -0.2) is 71.1 Å². The lowest BCUT2D eigenvalue weighted by Gasteiger charge is -2.26. The standard InChI is InChI=1S/C20H25N3O6S/c24-19(21-8-9-23-10-13-28-14-11-23)20(25)22-15-18(17-7-4-12-29-17)30(26,27)16-5-2-1-3-6-16/h1-7,12,18H,8-11,13-15H2,(H,21,24)(H,22,25)/t18-/m1/s1. The van der Waals surface area contributed by atoms with E-state index in [2.05, 4.69) is 15.5 Å². The van der Waals surface area contributed by atoms with Crippen molar-refractivity contribution in [1.29, 1.82) is 0 Å². The molecule has 1 aromatic carbocycles. The van der Waals surface area contributed by atoms with E-state index in [-0.39, 0.29) is 17.2 Å². The zero-order valence-corrected chi connectivity index (χ0v) is 17.3. The lowest BCUT2D eigenvalue weighted by atomic mass is 10.3. The molecule has 0 saturated carbocycles. The van der Waals surface area contributed by atoms with Gasteiger partial charge in [0.2, 0.25) is 0 Å². The third-order valence-electron chi connectivity index (χ3n) is 4.78. The van der Waals surface area contributed by atoms with Gasteiger partial charge >= 0.3 is 11.8 Å². The minimum atomic E-state index is -3.84. The molecule has 1 atom stereocenters. The van der Waals surface area contributed by atoms with E-state index in [1.807, 2.05) is 0 Å². The molecule has 1 aromatic heterocycles. The van der Waals surface area contributed by atoms with Crippen molar-refractivity contribution in [3.05, 3.63) is 54.5 Å². The molecule has 9 nitrogen and oxygen atoms in total. The molecular formula is C20H25N3O6S. The van der Waals surface area contributed by atoms with Crippen LogP contribution in [0.25, 0.3) is 0 Å². The predicted molar refractivity (Wildman–Crippen MR) is 108 cm³/mol. The predicted octanol–water partition coefficient (Wildman–Crippen LogP) is 0.359. The summed E-state index contributed by atoms with van der Waals surface area (Å²) in [6.45, 7) is 3.50. The third-order valence-corrected chi connectivity index (χ3v) is 6.86. The van der Waals surface area contributed by atoms with Crippen molar-refractivity contribution in [2.45, 2.75) is 10.1 Å². The number of nitrogens with one attached hydrogen (secondary N) is 2. The molecule has 0 aliphatic carbocycles. The molecular weight excluding hydrogens is 410 g/mol. The zero-order valence-electron chi connectivity index (χ0n) is 16.5. The summed E-state index contributed by atoms with van der Waals surface area (Å²) in [7, 11) is -3.84. The van der Waals surface area contributed by atoms with Gasteiger partial charge in [0.1, 0.15) is 11.0 Å². The highest BCUT2D eigenvalue weighted by Crippen LogP contribution is 2.28. The van der Waals surface area contributed by atoms with Gasteiger partial charge < -0.3 is 19.8 Å². The van der Waals surface area contributed by atoms with Crippen LogP contribution < -0.4 is 10.6 Å². The molecule has 0 unspecified atom stereocenters. The molecule has 1 aliphatic heterocycles. The monoisotopic (exact) mass is 435 g/mol. The minimum Gasteiger partial charge on any atom is -0.468 e. The first-order valence-corrected chi connectivity index (χ1v) is 11.2. The number of hydrogen-bond acceptors (Lipinski definition) is 7. The molecule has 2 heterocycles. The molecule has 1 saturated heterocycles. The lowest BCUT2D eigenvalue weighted by molar-refractivity contribution is -0.139. The van der Waals surface area contributed by atoms with Crippen molar-refractivity contribution in [1.82, 2.24) is 15.5 Å². The van der Waals surface area contributed by atoms with Crippen molar-refractivity contribution in [3.8, 4) is 0 Å². The Kier molecular flexibility index (Phi) is 7.61. The van der Waals surface area contributed by atoms with Crippen LogP contribution in [-0.2, 0) is 24.2 Å². The Balaban J connectivity index is 1.57. The number of sulfone groups is 1. The van der Waals surface area contributed by atoms with Gasteiger partial charge in [-0.25, -0.2) is 8.42 Å². The normalized spacial score (nSPS) is 16.0. The van der Waals surface area contributed by atoms with Crippen molar-refractivity contribution in [3.63, 3.8) is 0 Å². The highest BCUT2D eigenvalue weighted by molar-refractivity contribution is 7.91. The van der Waals surface area contributed by atoms with E-state index < -0.39 is 26.9 Å². The van der Waals surface area contributed by atoms with E-state index in [1.165, 1.54) is 24.5 Å². The first-order valence-electron chi connectivity index (χ1n) is 9.67. The van der Waals surface area contributed by atoms with E-state index in [1.54, 1.807) is 24.3 Å². The first kappa shape index (κ1) is 22.0. The first-order chi connectivity index (χ1) is 14.5. The second-order valence-electron chi connectivity index (χ2n) is 6.78. The molecule has 2 amide bonds. The van der Waals surface area contributed by atoms with Gasteiger partial charge in [-0.1, -0.05) is 18.2 Å². The van der Waals surface area contributed by atoms with Crippen LogP contribution in [0.3, 0.4) is 0 Å². The number of amides is 2. The Morgan fingerprint density at radius 2 is 1.70 bits per heavy atom. The topological polar surface area (TPSA) is 118 Å². The molecule has 1 aliphatic rings. The van der Waals surface area contributed by atoms with Crippen molar-refractivity contribution in [2.24, 2.45) is 0 Å². The Bertz CT molecular complexity index is 925. The molecule has 2 aromatic rings. The van der Waals surface area contributed by atoms with Gasteiger partial charge in [-0.05, 0) is 24.3 Å². The minimum absolute atomic E-state index is 0.107. The second kappa shape index (κ2) is 10.4. The summed E-state index contributed by atoms with van der Waals surface area (Å²) >= 11 is 0. The van der Waals surface area contributed by atoms with Crippen LogP contribution in [0.4, 0.5) is 0 Å². The molecule has 0 radical (unpaired) electrons. The highest BCUT2D eigenvalue weighted by Gasteiger charge is 2.32. The Hall–Kier alpha value is -2.69. The summed E-state index contributed by atoms with van der Waals surface area (Å²) in [6, 6.07) is 11.0. The molecule has 3 rings (SSSR count). The summed E-state index contributed by atoms with van der Waals surface area (Å²) in [4.78, 5) is 26.5. The number of carbonyl (C=O) groups excluding carboxylic acids is 2. The fraction of sp³-hybridized carbons (Fsp3) is 0.400. The number of benzene rings is 1. The molecule has 10 heteroatoms. The molecule has 0 bridgehead atoms. The Morgan fingerprint density at radius 1 is 1.00 bits per heavy atom. The summed E-state index contributed by atoms with van der Waals surface area (Å²) in [6.07, 6.45) is 1.36. The Morgan fingerprint density at radius 3 is 2.37 bits per heavy atom. The largest absolute Gasteiger partial charge is 0.468 e. The molecule has 2 N–H and O–H groups in total. The van der Waals surface area contributed by atoms with Crippen molar-refractivity contribution in [2.75, 3.05) is 45.9 Å². The van der Waals surface area contributed by atoms with E-state index >= 15 is 0 Å². The molecule has 30 heavy (non-hydrogen) atoms. The quantitative estimate of drug-likeness (QED) is 0.575. The van der Waals surface area contributed by atoms with Gasteiger partial charge in [-0.15, -0.1) is 0 Å². The molecule has 0 spiro atoms. The fourth-order valence-electron chi connectivity index (χ4n) is 3.11. The smallest absolute Gasteiger partial charge is 0.309 e. The number of rotatable bonds is 8. The number of furan rings is 1. The number of morpholine rings is 1. The molecule has 162 valence electrons. The lowest BCUT2D eigenvalue weighted by Crippen LogP contribution is -2.46. The van der Waals surface area contributed by atoms with Gasteiger partial charge in [-0.2, -0.15) is 0 Å². The van der Waals surface area contributed by atoms with E-state index in [9.17, 15) is 18.0 Å². The molecule has 1 fully saturated rings. The van der Waals surface area contributed by atoms with Crippen LogP contribution >= 0.6 is 0 Å². The van der Waals surface area contributed by atoms with Crippen LogP contribution in [0.1, 0.15) is 11.0 Å². The van der Waals surface area contributed by atoms with Gasteiger partial charge in [0.05, 0.1) is 24.4 Å². The van der Waals surface area contributed by atoms with Crippen molar-refractivity contribution < 1.29 is 27.2 Å². The van der Waals surface area contributed by atoms with Gasteiger partial charge in [0, 0.05) is 32.7 Å². The maximum atomic E-state index is 13.0. The van der Waals surface area contributed by atoms with E-state index in [0.29, 0.717) is 26.3 Å². The summed E-state index contributed by atoms with van der Waals surface area (Å²) in [5.41, 5.74) is 0. The van der Waals surface area contributed by atoms with E-state index in [4.69, 9.17) is 9.15 Å². The van der Waals surface area contributed by atoms with E-state index in [0.717, 1.165) is 13.1 Å². The number of hydrogen-bond donors (Lipinski definition) is 2. The number of ether oxygens (including phenoxy) is 1. The van der Waals surface area contributed by atoms with Gasteiger partial charge in [-0.3, -0.25) is 14.5 Å². The second-order valence-corrected chi connectivity index (χ2v) is 8.91. The van der Waals surface area contributed by atoms with Gasteiger partial charge in [0.25, 0.3) is 0 Å². The maximum Gasteiger partial charge on any atom is 0.309 e. The summed E-state index contributed by atoms with van der Waals surface area (Å²) in [5.74, 6) is -1.51. The van der Waals surface area contributed by atoms with Crippen LogP contribution in [0.5, 0.6) is 0 Å². The highest BCUT2D eigenvalue weighted by atomic mass is 32.2. The fourth-order valence-corrected chi connectivity index (χ4v) is 4.72. The number of carbonyl (C=O) groups is 2. The summed E-state index contributed by atoms with van der Waals surface area (Å²) < 4.78 is 36.6. The average Bonchev–Trinajstić information content (AvgIpc) is 3.29. The zero-order chi connectivity index (χ0) is 21.4. The van der Waals surface area contributed by atoms with Gasteiger partial charge in [0.15, 0.2) is 9.84 Å². The van der Waals surface area contributed by atoms with Crippen LogP contribution in [0.2, 0.25) is 0 Å². The van der Waals surface area contributed by atoms with Crippen LogP contribution in [0, 0.1) is 0 Å². The summed E-state index contributed by atoms with van der Waals surface area (Å²) in [5, 5.41) is 3.81. The van der Waals surface area contributed by atoms with Crippen molar-refractivity contribution >= 4 is 21.7 Å². The maximum absolute atomic E-state index is 13.0. The average molecular weight is 436 g/mol.